The van der Waals surface area contributed by atoms with Crippen LogP contribution in [0.1, 0.15) is 45.3 Å². The van der Waals surface area contributed by atoms with Gasteiger partial charge in [-0.25, -0.2) is 4.39 Å². The van der Waals surface area contributed by atoms with Crippen molar-refractivity contribution in [3.63, 3.8) is 0 Å². The molecule has 0 spiro atoms. The monoisotopic (exact) mass is 450 g/mol. The molecule has 1 amide bonds. The van der Waals surface area contributed by atoms with Gasteiger partial charge in [-0.3, -0.25) is 14.5 Å². The van der Waals surface area contributed by atoms with Gasteiger partial charge in [0.2, 0.25) is 5.76 Å². The molecule has 0 aliphatic carbocycles. The number of halogens is 1. The third-order valence-electron chi connectivity index (χ3n) is 6.74. The van der Waals surface area contributed by atoms with Gasteiger partial charge in [-0.1, -0.05) is 12.1 Å². The van der Waals surface area contributed by atoms with Crippen molar-refractivity contribution >= 4 is 16.9 Å². The first kappa shape index (κ1) is 21.8. The van der Waals surface area contributed by atoms with Crippen molar-refractivity contribution in [2.24, 2.45) is 0 Å². The molecule has 7 heteroatoms. The van der Waals surface area contributed by atoms with Crippen LogP contribution in [0.25, 0.3) is 11.0 Å². The van der Waals surface area contributed by atoms with Gasteiger partial charge in [0, 0.05) is 26.2 Å². The Kier molecular flexibility index (Phi) is 5.76. The zero-order chi connectivity index (χ0) is 23.1. The predicted octanol–water partition coefficient (Wildman–Crippen LogP) is 3.82. The van der Waals surface area contributed by atoms with Crippen LogP contribution in [0.15, 0.2) is 45.6 Å². The van der Waals surface area contributed by atoms with E-state index in [0.29, 0.717) is 28.6 Å². The molecule has 0 N–H and O–H groups in total. The number of benzene rings is 2. The summed E-state index contributed by atoms with van der Waals surface area (Å²) < 4.78 is 25.1. The Balaban J connectivity index is 1.55. The number of amides is 1. The quantitative estimate of drug-likeness (QED) is 0.592. The van der Waals surface area contributed by atoms with Crippen LogP contribution >= 0.6 is 0 Å². The number of aryl methyl sites for hydroxylation is 2. The number of fused-ring (bicyclic) bond motifs is 2. The van der Waals surface area contributed by atoms with Crippen LogP contribution in [-0.2, 0) is 4.74 Å². The number of rotatable bonds is 5. The second kappa shape index (κ2) is 8.72. The molecule has 0 bridgehead atoms. The summed E-state index contributed by atoms with van der Waals surface area (Å²) in [5, 5.41) is 0.465. The molecule has 0 saturated carbocycles. The third kappa shape index (κ3) is 3.96. The van der Waals surface area contributed by atoms with Gasteiger partial charge >= 0.3 is 0 Å². The van der Waals surface area contributed by atoms with E-state index in [1.165, 1.54) is 12.1 Å². The normalized spacial score (nSPS) is 18.8. The standard InChI is InChI=1S/C26H27FN2O4/c1-16-14-20-21(15-17(16)2)33-25-22(24(20)30)23(18-4-6-19(27)7-5-18)29(26(25)31)9-3-8-28-10-12-32-13-11-28/h4-7,14-15,23H,3,8-13H2,1-2H3/t23-/m0/s1. The van der Waals surface area contributed by atoms with E-state index in [2.05, 4.69) is 4.90 Å². The summed E-state index contributed by atoms with van der Waals surface area (Å²) in [4.78, 5) is 31.1. The highest BCUT2D eigenvalue weighted by Crippen LogP contribution is 2.38. The van der Waals surface area contributed by atoms with E-state index < -0.39 is 6.04 Å². The van der Waals surface area contributed by atoms with Crippen LogP contribution in [0.3, 0.4) is 0 Å². The second-order valence-electron chi connectivity index (χ2n) is 8.87. The first-order valence-electron chi connectivity index (χ1n) is 11.4. The molecule has 33 heavy (non-hydrogen) atoms. The largest absolute Gasteiger partial charge is 0.450 e. The molecule has 3 aromatic rings. The van der Waals surface area contributed by atoms with Crippen LogP contribution in [0.5, 0.6) is 0 Å². The number of ether oxygens (including phenoxy) is 1. The molecule has 2 aromatic carbocycles. The van der Waals surface area contributed by atoms with Crippen molar-refractivity contribution in [1.29, 1.82) is 0 Å². The van der Waals surface area contributed by atoms with Crippen molar-refractivity contribution in [3.8, 4) is 0 Å². The Bertz CT molecular complexity index is 1260. The number of hydrogen-bond acceptors (Lipinski definition) is 5. The highest BCUT2D eigenvalue weighted by atomic mass is 19.1. The Morgan fingerprint density at radius 2 is 1.70 bits per heavy atom. The van der Waals surface area contributed by atoms with Crippen molar-refractivity contribution in [2.45, 2.75) is 26.3 Å². The zero-order valence-electron chi connectivity index (χ0n) is 18.9. The van der Waals surface area contributed by atoms with E-state index in [9.17, 15) is 14.0 Å². The summed E-state index contributed by atoms with van der Waals surface area (Å²) in [5.41, 5.74) is 3.24. The van der Waals surface area contributed by atoms with Crippen molar-refractivity contribution in [2.75, 3.05) is 39.4 Å². The van der Waals surface area contributed by atoms with Crippen LogP contribution in [0, 0.1) is 19.7 Å². The molecule has 2 aliphatic heterocycles. The third-order valence-corrected chi connectivity index (χ3v) is 6.74. The molecular weight excluding hydrogens is 423 g/mol. The first-order valence-corrected chi connectivity index (χ1v) is 11.4. The Morgan fingerprint density at radius 1 is 1.00 bits per heavy atom. The van der Waals surface area contributed by atoms with Gasteiger partial charge < -0.3 is 14.1 Å². The van der Waals surface area contributed by atoms with Gasteiger partial charge in [0.15, 0.2) is 5.43 Å². The minimum Gasteiger partial charge on any atom is -0.450 e. The van der Waals surface area contributed by atoms with Gasteiger partial charge in [-0.2, -0.15) is 0 Å². The van der Waals surface area contributed by atoms with Gasteiger partial charge in [-0.15, -0.1) is 0 Å². The summed E-state index contributed by atoms with van der Waals surface area (Å²) in [5.74, 6) is -0.561. The molecule has 1 aromatic heterocycles. The maximum Gasteiger partial charge on any atom is 0.290 e. The van der Waals surface area contributed by atoms with Crippen LogP contribution in [0.4, 0.5) is 4.39 Å². The van der Waals surface area contributed by atoms with E-state index in [1.807, 2.05) is 26.0 Å². The predicted molar refractivity (Wildman–Crippen MR) is 123 cm³/mol. The fraction of sp³-hybridized carbons (Fsp3) is 0.385. The van der Waals surface area contributed by atoms with Gasteiger partial charge in [0.1, 0.15) is 11.4 Å². The highest BCUT2D eigenvalue weighted by molar-refractivity contribution is 5.99. The molecule has 1 fully saturated rings. The van der Waals surface area contributed by atoms with Gasteiger partial charge in [0.25, 0.3) is 5.91 Å². The maximum atomic E-state index is 13.6. The molecule has 1 atom stereocenters. The fourth-order valence-corrected chi connectivity index (χ4v) is 4.79. The maximum absolute atomic E-state index is 13.6. The number of nitrogens with zero attached hydrogens (tertiary/aromatic N) is 2. The molecule has 3 heterocycles. The van der Waals surface area contributed by atoms with Crippen LogP contribution in [-0.4, -0.2) is 55.1 Å². The lowest BCUT2D eigenvalue weighted by atomic mass is 9.97. The average Bonchev–Trinajstić information content (AvgIpc) is 3.09. The number of morpholine rings is 1. The Labute approximate surface area is 191 Å². The smallest absolute Gasteiger partial charge is 0.290 e. The molecular formula is C26H27FN2O4. The lowest BCUT2D eigenvalue weighted by molar-refractivity contribution is 0.0353. The molecule has 5 rings (SSSR count). The summed E-state index contributed by atoms with van der Waals surface area (Å²) in [6.07, 6.45) is 0.753. The Hall–Kier alpha value is -3.03. The molecule has 6 nitrogen and oxygen atoms in total. The molecule has 0 radical (unpaired) electrons. The molecule has 2 aliphatic rings. The van der Waals surface area contributed by atoms with E-state index in [4.69, 9.17) is 9.15 Å². The van der Waals surface area contributed by atoms with Crippen LogP contribution in [0.2, 0.25) is 0 Å². The van der Waals surface area contributed by atoms with Crippen molar-refractivity contribution < 1.29 is 18.3 Å². The number of hydrogen-bond donors (Lipinski definition) is 0. The minimum absolute atomic E-state index is 0.0939. The molecule has 1 saturated heterocycles. The molecule has 0 unspecified atom stereocenters. The van der Waals surface area contributed by atoms with E-state index in [1.54, 1.807) is 17.0 Å². The van der Waals surface area contributed by atoms with Gasteiger partial charge in [0.05, 0.1) is 30.2 Å². The van der Waals surface area contributed by atoms with Crippen molar-refractivity contribution in [1.82, 2.24) is 9.80 Å². The Morgan fingerprint density at radius 3 is 2.42 bits per heavy atom. The SMILES string of the molecule is Cc1cc2oc3c(c(=O)c2cc1C)[C@H](c1ccc(F)cc1)N(CCCN1CCOCC1)C3=O. The first-order chi connectivity index (χ1) is 15.9. The van der Waals surface area contributed by atoms with Gasteiger partial charge in [-0.05, 0) is 61.2 Å². The van der Waals surface area contributed by atoms with E-state index >= 15 is 0 Å². The minimum atomic E-state index is -0.597. The lowest BCUT2D eigenvalue weighted by Gasteiger charge is -2.29. The van der Waals surface area contributed by atoms with E-state index in [0.717, 1.165) is 50.4 Å². The lowest BCUT2D eigenvalue weighted by Crippen LogP contribution is -2.38. The molecule has 172 valence electrons. The van der Waals surface area contributed by atoms with E-state index in [-0.39, 0.29) is 22.9 Å². The topological polar surface area (TPSA) is 63.0 Å². The average molecular weight is 451 g/mol. The number of carbonyl (C=O) groups is 1. The number of carbonyl (C=O) groups excluding carboxylic acids is 1. The summed E-state index contributed by atoms with van der Waals surface area (Å²) >= 11 is 0. The van der Waals surface area contributed by atoms with Crippen molar-refractivity contribution in [3.05, 3.63) is 80.5 Å². The zero-order valence-corrected chi connectivity index (χ0v) is 18.9. The summed E-state index contributed by atoms with van der Waals surface area (Å²) in [6.45, 7) is 8.38. The second-order valence-corrected chi connectivity index (χ2v) is 8.87. The summed E-state index contributed by atoms with van der Waals surface area (Å²) in [7, 11) is 0. The highest BCUT2D eigenvalue weighted by Gasteiger charge is 2.42. The van der Waals surface area contributed by atoms with Crippen LogP contribution < -0.4 is 5.43 Å². The fourth-order valence-electron chi connectivity index (χ4n) is 4.79. The summed E-state index contributed by atoms with van der Waals surface area (Å²) in [6, 6.07) is 9.04.